The van der Waals surface area contributed by atoms with E-state index in [0.717, 1.165) is 43.5 Å². The molecule has 0 radical (unpaired) electrons. The molecule has 0 atom stereocenters. The number of hydrogen-bond donors (Lipinski definition) is 0. The fraction of sp³-hybridized carbons (Fsp3) is 0.379. The Morgan fingerprint density at radius 1 is 1.15 bits per heavy atom. The minimum atomic E-state index is -0.741. The average molecular weight is 536 g/mol. The van der Waals surface area contributed by atoms with Crippen molar-refractivity contribution >= 4 is 22.8 Å². The molecule has 4 heterocycles. The second-order valence-corrected chi connectivity index (χ2v) is 9.91. The van der Waals surface area contributed by atoms with E-state index in [2.05, 4.69) is 9.88 Å². The van der Waals surface area contributed by atoms with Crippen LogP contribution in [0.1, 0.15) is 55.7 Å². The zero-order valence-corrected chi connectivity index (χ0v) is 22.4. The minimum Gasteiger partial charge on any atom is -0.461 e. The first kappa shape index (κ1) is 26.7. The van der Waals surface area contributed by atoms with Crippen LogP contribution in [-0.4, -0.2) is 58.6 Å². The number of anilines is 1. The van der Waals surface area contributed by atoms with Crippen LogP contribution in [0.3, 0.4) is 0 Å². The summed E-state index contributed by atoms with van der Waals surface area (Å²) in [6, 6.07) is 9.07. The molecular weight excluding hydrogens is 504 g/mol. The number of fused-ring (bicyclic) bond motifs is 1. The highest BCUT2D eigenvalue weighted by molar-refractivity contribution is 6.00. The lowest BCUT2D eigenvalue weighted by atomic mass is 9.98. The molecule has 1 aliphatic rings. The second kappa shape index (κ2) is 11.1. The van der Waals surface area contributed by atoms with Crippen molar-refractivity contribution < 1.29 is 23.0 Å². The van der Waals surface area contributed by atoms with Crippen LogP contribution in [0.2, 0.25) is 0 Å². The van der Waals surface area contributed by atoms with Crippen LogP contribution in [0, 0.1) is 11.6 Å². The molecule has 0 amide bonds. The monoisotopic (exact) mass is 535 g/mol. The number of rotatable bonds is 7. The molecule has 1 fully saturated rings. The van der Waals surface area contributed by atoms with Gasteiger partial charge in [0.15, 0.2) is 11.3 Å². The van der Waals surface area contributed by atoms with Gasteiger partial charge in [0, 0.05) is 44.1 Å². The number of aromatic nitrogens is 4. The summed E-state index contributed by atoms with van der Waals surface area (Å²) in [7, 11) is 2.03. The van der Waals surface area contributed by atoms with Gasteiger partial charge in [0.2, 0.25) is 0 Å². The van der Waals surface area contributed by atoms with E-state index in [1.807, 2.05) is 33.0 Å². The Labute approximate surface area is 225 Å². The van der Waals surface area contributed by atoms with Gasteiger partial charge in [-0.05, 0) is 61.6 Å². The molecule has 204 valence electrons. The van der Waals surface area contributed by atoms with Gasteiger partial charge >= 0.3 is 5.97 Å². The Morgan fingerprint density at radius 3 is 2.49 bits per heavy atom. The topological polar surface area (TPSA) is 82.4 Å². The normalized spacial score (nSPS) is 14.2. The quantitative estimate of drug-likeness (QED) is 0.282. The number of carbonyl (C=O) groups is 1. The lowest BCUT2D eigenvalue weighted by Crippen LogP contribution is -2.37. The van der Waals surface area contributed by atoms with Crippen molar-refractivity contribution in [3.05, 3.63) is 65.6 Å². The third kappa shape index (κ3) is 5.34. The van der Waals surface area contributed by atoms with Crippen LogP contribution in [-0.2, 0) is 9.47 Å². The molecule has 1 saturated heterocycles. The van der Waals surface area contributed by atoms with E-state index < -0.39 is 17.6 Å². The van der Waals surface area contributed by atoms with Gasteiger partial charge < -0.3 is 14.4 Å². The number of pyridine rings is 2. The molecule has 0 saturated carbocycles. The highest BCUT2D eigenvalue weighted by atomic mass is 19.1. The highest BCUT2D eigenvalue weighted by Crippen LogP contribution is 2.36. The largest absolute Gasteiger partial charge is 0.461 e. The van der Waals surface area contributed by atoms with Crippen LogP contribution in [0.5, 0.6) is 0 Å². The van der Waals surface area contributed by atoms with E-state index in [0.29, 0.717) is 28.3 Å². The smallest absolute Gasteiger partial charge is 0.357 e. The van der Waals surface area contributed by atoms with E-state index in [1.54, 1.807) is 19.2 Å². The summed E-state index contributed by atoms with van der Waals surface area (Å²) in [5, 5.41) is 5.39. The van der Waals surface area contributed by atoms with Gasteiger partial charge in [0.25, 0.3) is 0 Å². The SMILES string of the molecule is CCOC(=O)c1cc(-c2ccc(N(C)C3CCOCC3)nc2)c2c(C(C)C)nn(-c3cc(F)cc(F)c3)c2n1. The molecule has 39 heavy (non-hydrogen) atoms. The fourth-order valence-electron chi connectivity index (χ4n) is 4.94. The van der Waals surface area contributed by atoms with Crippen molar-refractivity contribution in [1.82, 2.24) is 19.7 Å². The van der Waals surface area contributed by atoms with Crippen LogP contribution in [0.15, 0.2) is 42.6 Å². The molecule has 5 rings (SSSR count). The maximum absolute atomic E-state index is 14.2. The Hall–Kier alpha value is -3.92. The number of benzene rings is 1. The van der Waals surface area contributed by atoms with Gasteiger partial charge in [-0.3, -0.25) is 0 Å². The Balaban J connectivity index is 1.69. The fourth-order valence-corrected chi connectivity index (χ4v) is 4.94. The van der Waals surface area contributed by atoms with Crippen molar-refractivity contribution in [2.75, 3.05) is 31.8 Å². The molecule has 4 aromatic rings. The van der Waals surface area contributed by atoms with Crippen molar-refractivity contribution in [2.45, 2.75) is 45.6 Å². The Kier molecular flexibility index (Phi) is 7.56. The number of halogens is 2. The van der Waals surface area contributed by atoms with Crippen molar-refractivity contribution in [3.8, 4) is 16.8 Å². The number of nitrogens with zero attached hydrogens (tertiary/aromatic N) is 5. The minimum absolute atomic E-state index is 0.0481. The summed E-state index contributed by atoms with van der Waals surface area (Å²) in [6.45, 7) is 7.31. The molecule has 0 bridgehead atoms. The zero-order chi connectivity index (χ0) is 27.7. The number of hydrogen-bond acceptors (Lipinski definition) is 7. The molecule has 1 aliphatic heterocycles. The Bertz CT molecular complexity index is 1480. The second-order valence-electron chi connectivity index (χ2n) is 9.91. The van der Waals surface area contributed by atoms with Gasteiger partial charge in [0.1, 0.15) is 17.5 Å². The van der Waals surface area contributed by atoms with Gasteiger partial charge in [-0.1, -0.05) is 13.8 Å². The molecule has 10 heteroatoms. The van der Waals surface area contributed by atoms with Crippen LogP contribution in [0.4, 0.5) is 14.6 Å². The van der Waals surface area contributed by atoms with Gasteiger partial charge in [0.05, 0.1) is 23.4 Å². The highest BCUT2D eigenvalue weighted by Gasteiger charge is 2.25. The molecule has 0 unspecified atom stereocenters. The summed E-state index contributed by atoms with van der Waals surface area (Å²) in [6.07, 6.45) is 3.63. The first-order valence-electron chi connectivity index (χ1n) is 13.1. The summed E-state index contributed by atoms with van der Waals surface area (Å²) < 4.78 is 40.5. The number of carbonyl (C=O) groups excluding carboxylic acids is 1. The predicted molar refractivity (Wildman–Crippen MR) is 144 cm³/mol. The first-order chi connectivity index (χ1) is 18.8. The molecule has 0 spiro atoms. The van der Waals surface area contributed by atoms with E-state index in [4.69, 9.17) is 19.6 Å². The summed E-state index contributed by atoms with van der Waals surface area (Å²) in [5.74, 6) is -1.30. The van der Waals surface area contributed by atoms with Crippen molar-refractivity contribution in [1.29, 1.82) is 0 Å². The van der Waals surface area contributed by atoms with Crippen LogP contribution in [0.25, 0.3) is 27.8 Å². The molecule has 8 nitrogen and oxygen atoms in total. The summed E-state index contributed by atoms with van der Waals surface area (Å²) >= 11 is 0. The molecule has 1 aromatic carbocycles. The van der Waals surface area contributed by atoms with Gasteiger partial charge in [-0.25, -0.2) is 28.2 Å². The average Bonchev–Trinajstić information content (AvgIpc) is 3.32. The van der Waals surface area contributed by atoms with Crippen LogP contribution < -0.4 is 4.90 Å². The third-order valence-corrected chi connectivity index (χ3v) is 6.95. The van der Waals surface area contributed by atoms with Gasteiger partial charge in [-0.15, -0.1) is 0 Å². The zero-order valence-electron chi connectivity index (χ0n) is 22.4. The predicted octanol–water partition coefficient (Wildman–Crippen LogP) is 5.68. The lowest BCUT2D eigenvalue weighted by Gasteiger charge is -2.32. The molecule has 0 aliphatic carbocycles. The standard InChI is InChI=1S/C29H31F2N5O3/c1-5-39-29(37)24-15-23(18-6-7-25(32-16-18)35(4)21-8-10-38-11-9-21)26-27(17(2)3)34-36(28(26)33-24)22-13-19(30)12-20(31)14-22/h6-7,12-17,21H,5,8-11H2,1-4H3. The third-order valence-electron chi connectivity index (χ3n) is 6.95. The van der Waals surface area contributed by atoms with E-state index >= 15 is 0 Å². The summed E-state index contributed by atoms with van der Waals surface area (Å²) in [4.78, 5) is 24.3. The maximum Gasteiger partial charge on any atom is 0.357 e. The molecule has 3 aromatic heterocycles. The number of esters is 1. The van der Waals surface area contributed by atoms with Gasteiger partial charge in [-0.2, -0.15) is 5.10 Å². The lowest BCUT2D eigenvalue weighted by molar-refractivity contribution is 0.0520. The molecule has 0 N–H and O–H groups in total. The summed E-state index contributed by atoms with van der Waals surface area (Å²) in [5.41, 5.74) is 2.64. The van der Waals surface area contributed by atoms with Crippen molar-refractivity contribution in [2.24, 2.45) is 0 Å². The van der Waals surface area contributed by atoms with E-state index in [9.17, 15) is 13.6 Å². The van der Waals surface area contributed by atoms with Crippen LogP contribution >= 0.6 is 0 Å². The van der Waals surface area contributed by atoms with E-state index in [1.165, 1.54) is 16.8 Å². The maximum atomic E-state index is 14.2. The van der Waals surface area contributed by atoms with Crippen molar-refractivity contribution in [3.63, 3.8) is 0 Å². The van der Waals surface area contributed by atoms with E-state index in [-0.39, 0.29) is 23.9 Å². The first-order valence-corrected chi connectivity index (χ1v) is 13.1. The Morgan fingerprint density at radius 2 is 1.87 bits per heavy atom. The number of ether oxygens (including phenoxy) is 2. The molecular formula is C29H31F2N5O3.